The Labute approximate surface area is 109 Å². The van der Waals surface area contributed by atoms with Gasteiger partial charge >= 0.3 is 0 Å². The molecule has 0 saturated heterocycles. The fraction of sp³-hybridized carbons (Fsp3) is 0.467. The Hall–Kier alpha value is -1.48. The predicted molar refractivity (Wildman–Crippen MR) is 76.3 cm³/mol. The molecule has 2 aromatic rings. The fourth-order valence-electron chi connectivity index (χ4n) is 2.36. The zero-order chi connectivity index (χ0) is 13.0. The third-order valence-electron chi connectivity index (χ3n) is 3.33. The van der Waals surface area contributed by atoms with E-state index in [0.717, 1.165) is 25.3 Å². The van der Waals surface area contributed by atoms with Gasteiger partial charge in [0, 0.05) is 24.1 Å². The Kier molecular flexibility index (Phi) is 4.26. The first-order valence-corrected chi connectivity index (χ1v) is 6.59. The SMILES string of the molecule is CCNCCCc1cn(C)c2ccc(OC)cc12. The van der Waals surface area contributed by atoms with Crippen molar-refractivity contribution < 1.29 is 4.74 Å². The van der Waals surface area contributed by atoms with E-state index < -0.39 is 0 Å². The maximum absolute atomic E-state index is 5.31. The molecule has 0 bridgehead atoms. The van der Waals surface area contributed by atoms with Gasteiger partial charge in [0.05, 0.1) is 7.11 Å². The molecule has 0 aliphatic carbocycles. The molecule has 0 saturated carbocycles. The van der Waals surface area contributed by atoms with Crippen LogP contribution in [0.4, 0.5) is 0 Å². The summed E-state index contributed by atoms with van der Waals surface area (Å²) >= 11 is 0. The van der Waals surface area contributed by atoms with Crippen molar-refractivity contribution in [3.8, 4) is 5.75 Å². The molecule has 2 rings (SSSR count). The van der Waals surface area contributed by atoms with Crippen LogP contribution < -0.4 is 10.1 Å². The van der Waals surface area contributed by atoms with Gasteiger partial charge in [-0.15, -0.1) is 0 Å². The summed E-state index contributed by atoms with van der Waals surface area (Å²) in [6.07, 6.45) is 4.51. The summed E-state index contributed by atoms with van der Waals surface area (Å²) in [7, 11) is 3.82. The Balaban J connectivity index is 2.21. The van der Waals surface area contributed by atoms with Gasteiger partial charge < -0.3 is 14.6 Å². The van der Waals surface area contributed by atoms with E-state index >= 15 is 0 Å². The van der Waals surface area contributed by atoms with Crippen molar-refractivity contribution in [2.45, 2.75) is 19.8 Å². The van der Waals surface area contributed by atoms with Gasteiger partial charge in [-0.25, -0.2) is 0 Å². The van der Waals surface area contributed by atoms with E-state index in [1.54, 1.807) is 7.11 Å². The number of methoxy groups -OCH3 is 1. The first-order chi connectivity index (χ1) is 8.76. The quantitative estimate of drug-likeness (QED) is 0.793. The number of rotatable bonds is 6. The largest absolute Gasteiger partial charge is 0.497 e. The summed E-state index contributed by atoms with van der Waals surface area (Å²) in [5, 5.41) is 4.68. The van der Waals surface area contributed by atoms with Crippen LogP contribution in [-0.2, 0) is 13.5 Å². The van der Waals surface area contributed by atoms with Crippen LogP contribution in [0.25, 0.3) is 10.9 Å². The van der Waals surface area contributed by atoms with Crippen LogP contribution in [0.2, 0.25) is 0 Å². The summed E-state index contributed by atoms with van der Waals surface area (Å²) in [5.74, 6) is 0.932. The smallest absolute Gasteiger partial charge is 0.119 e. The molecule has 0 unspecified atom stereocenters. The second-order valence-corrected chi connectivity index (χ2v) is 4.61. The van der Waals surface area contributed by atoms with E-state index in [1.165, 1.54) is 22.9 Å². The predicted octanol–water partition coefficient (Wildman–Crippen LogP) is 2.73. The van der Waals surface area contributed by atoms with Gasteiger partial charge in [0.15, 0.2) is 0 Å². The van der Waals surface area contributed by atoms with Gasteiger partial charge in [0.1, 0.15) is 5.75 Å². The fourth-order valence-corrected chi connectivity index (χ4v) is 2.36. The lowest BCUT2D eigenvalue weighted by molar-refractivity contribution is 0.415. The molecule has 0 amide bonds. The van der Waals surface area contributed by atoms with E-state index in [-0.39, 0.29) is 0 Å². The molecule has 0 spiro atoms. The molecular formula is C15H22N2O. The second-order valence-electron chi connectivity index (χ2n) is 4.61. The first-order valence-electron chi connectivity index (χ1n) is 6.59. The molecule has 0 radical (unpaired) electrons. The molecule has 1 aromatic carbocycles. The van der Waals surface area contributed by atoms with Crippen molar-refractivity contribution >= 4 is 10.9 Å². The maximum Gasteiger partial charge on any atom is 0.119 e. The lowest BCUT2D eigenvalue weighted by atomic mass is 10.1. The van der Waals surface area contributed by atoms with E-state index in [4.69, 9.17) is 4.74 Å². The highest BCUT2D eigenvalue weighted by molar-refractivity contribution is 5.85. The van der Waals surface area contributed by atoms with Gasteiger partial charge in [-0.05, 0) is 49.7 Å². The van der Waals surface area contributed by atoms with E-state index in [2.05, 4.69) is 42.2 Å². The normalized spacial score (nSPS) is 11.1. The highest BCUT2D eigenvalue weighted by Crippen LogP contribution is 2.26. The Morgan fingerprint density at radius 1 is 1.33 bits per heavy atom. The number of hydrogen-bond donors (Lipinski definition) is 1. The minimum atomic E-state index is 0.932. The second kappa shape index (κ2) is 5.91. The number of fused-ring (bicyclic) bond motifs is 1. The lowest BCUT2D eigenvalue weighted by Gasteiger charge is -2.03. The molecule has 0 atom stereocenters. The van der Waals surface area contributed by atoms with Crippen LogP contribution in [0.15, 0.2) is 24.4 Å². The van der Waals surface area contributed by atoms with Crippen molar-refractivity contribution in [3.63, 3.8) is 0 Å². The third kappa shape index (κ3) is 2.67. The summed E-state index contributed by atoms with van der Waals surface area (Å²) in [6, 6.07) is 6.28. The summed E-state index contributed by atoms with van der Waals surface area (Å²) in [4.78, 5) is 0. The average molecular weight is 246 g/mol. The molecule has 1 heterocycles. The Morgan fingerprint density at radius 2 is 2.17 bits per heavy atom. The lowest BCUT2D eigenvalue weighted by Crippen LogP contribution is -2.14. The summed E-state index contributed by atoms with van der Waals surface area (Å²) in [6.45, 7) is 4.27. The number of aromatic nitrogens is 1. The van der Waals surface area contributed by atoms with Crippen LogP contribution in [0, 0.1) is 0 Å². The summed E-state index contributed by atoms with van der Waals surface area (Å²) in [5.41, 5.74) is 2.68. The highest BCUT2D eigenvalue weighted by atomic mass is 16.5. The number of nitrogens with zero attached hydrogens (tertiary/aromatic N) is 1. The van der Waals surface area contributed by atoms with Gasteiger partial charge in [0.2, 0.25) is 0 Å². The standard InChI is InChI=1S/C15H22N2O/c1-4-16-9-5-6-12-11-17(2)15-8-7-13(18-3)10-14(12)15/h7-8,10-11,16H,4-6,9H2,1-3H3. The van der Waals surface area contributed by atoms with Gasteiger partial charge in [-0.1, -0.05) is 6.92 Å². The molecule has 3 nitrogen and oxygen atoms in total. The summed E-state index contributed by atoms with van der Waals surface area (Å²) < 4.78 is 7.50. The number of aryl methyl sites for hydroxylation is 2. The third-order valence-corrected chi connectivity index (χ3v) is 3.33. The van der Waals surface area contributed by atoms with Crippen LogP contribution in [-0.4, -0.2) is 24.8 Å². The molecule has 18 heavy (non-hydrogen) atoms. The Morgan fingerprint density at radius 3 is 2.89 bits per heavy atom. The molecule has 0 aliphatic heterocycles. The van der Waals surface area contributed by atoms with E-state index in [0.29, 0.717) is 0 Å². The number of benzene rings is 1. The van der Waals surface area contributed by atoms with Crippen molar-refractivity contribution in [2.75, 3.05) is 20.2 Å². The van der Waals surface area contributed by atoms with Gasteiger partial charge in [0.25, 0.3) is 0 Å². The minimum absolute atomic E-state index is 0.932. The molecule has 0 fully saturated rings. The molecule has 0 aliphatic rings. The minimum Gasteiger partial charge on any atom is -0.497 e. The number of ether oxygens (including phenoxy) is 1. The number of hydrogen-bond acceptors (Lipinski definition) is 2. The number of nitrogens with one attached hydrogen (secondary N) is 1. The maximum atomic E-state index is 5.31. The highest BCUT2D eigenvalue weighted by Gasteiger charge is 2.07. The molecule has 98 valence electrons. The van der Waals surface area contributed by atoms with Gasteiger partial charge in [-0.3, -0.25) is 0 Å². The molecule has 1 aromatic heterocycles. The van der Waals surface area contributed by atoms with Crippen molar-refractivity contribution in [2.24, 2.45) is 7.05 Å². The average Bonchev–Trinajstić information content (AvgIpc) is 2.71. The molecule has 3 heteroatoms. The monoisotopic (exact) mass is 246 g/mol. The van der Waals surface area contributed by atoms with E-state index in [1.807, 2.05) is 6.07 Å². The molecule has 1 N–H and O–H groups in total. The Bertz CT molecular complexity index is 516. The zero-order valence-corrected chi connectivity index (χ0v) is 11.5. The topological polar surface area (TPSA) is 26.2 Å². The zero-order valence-electron chi connectivity index (χ0n) is 11.5. The first kappa shape index (κ1) is 13.0. The van der Waals surface area contributed by atoms with Gasteiger partial charge in [-0.2, -0.15) is 0 Å². The van der Waals surface area contributed by atoms with E-state index in [9.17, 15) is 0 Å². The van der Waals surface area contributed by atoms with Crippen LogP contribution in [0.3, 0.4) is 0 Å². The van der Waals surface area contributed by atoms with Crippen LogP contribution >= 0.6 is 0 Å². The van der Waals surface area contributed by atoms with Crippen molar-refractivity contribution in [1.29, 1.82) is 0 Å². The van der Waals surface area contributed by atoms with Crippen LogP contribution in [0.5, 0.6) is 5.75 Å². The van der Waals surface area contributed by atoms with Crippen molar-refractivity contribution in [3.05, 3.63) is 30.0 Å². The van der Waals surface area contributed by atoms with Crippen LogP contribution in [0.1, 0.15) is 18.9 Å². The molecular weight excluding hydrogens is 224 g/mol. The van der Waals surface area contributed by atoms with Crippen molar-refractivity contribution in [1.82, 2.24) is 9.88 Å².